The first-order valence-corrected chi connectivity index (χ1v) is 7.99. The molecule has 0 aliphatic heterocycles. The summed E-state index contributed by atoms with van der Waals surface area (Å²) in [4.78, 5) is 10.3. The molecule has 0 N–H and O–H groups in total. The zero-order chi connectivity index (χ0) is 13.4. The topological polar surface area (TPSA) is 30.7 Å². The summed E-state index contributed by atoms with van der Waals surface area (Å²) in [6.45, 7) is 2.80. The highest BCUT2D eigenvalue weighted by Crippen LogP contribution is 2.24. The van der Waals surface area contributed by atoms with E-state index in [1.807, 2.05) is 19.2 Å². The lowest BCUT2D eigenvalue weighted by Crippen LogP contribution is -2.03. The minimum Gasteiger partial charge on any atom is -0.306 e. The molecule has 3 rings (SSSR count). The normalized spacial score (nSPS) is 11.3. The number of nitrogens with zero attached hydrogens (tertiary/aromatic N) is 3. The molecule has 3 nitrogen and oxygen atoms in total. The number of fused-ring (bicyclic) bond motifs is 1. The lowest BCUT2D eigenvalue weighted by Gasteiger charge is -2.05. The average molecular weight is 357 g/mol. The second kappa shape index (κ2) is 5.23. The van der Waals surface area contributed by atoms with E-state index in [2.05, 4.69) is 41.9 Å². The minimum absolute atomic E-state index is 0.391. The summed E-state index contributed by atoms with van der Waals surface area (Å²) in [6.07, 6.45) is 1.82. The fourth-order valence-corrected chi connectivity index (χ4v) is 3.69. The van der Waals surface area contributed by atoms with Crippen molar-refractivity contribution in [1.29, 1.82) is 0 Å². The Morgan fingerprint density at radius 3 is 3.00 bits per heavy atom. The molecule has 0 amide bonds. The number of aryl methyl sites for hydroxylation is 1. The van der Waals surface area contributed by atoms with Gasteiger partial charge in [-0.25, -0.2) is 9.97 Å². The van der Waals surface area contributed by atoms with Crippen molar-refractivity contribution in [1.82, 2.24) is 14.5 Å². The Bertz CT molecular complexity index is 735. The molecule has 0 atom stereocenters. The Balaban J connectivity index is 2.13. The van der Waals surface area contributed by atoms with Gasteiger partial charge in [-0.3, -0.25) is 0 Å². The summed E-state index contributed by atoms with van der Waals surface area (Å²) in [7, 11) is 0. The van der Waals surface area contributed by atoms with Gasteiger partial charge in [-0.2, -0.15) is 0 Å². The fourth-order valence-electron chi connectivity index (χ4n) is 2.04. The molecule has 98 valence electrons. The van der Waals surface area contributed by atoms with E-state index in [4.69, 9.17) is 11.6 Å². The Morgan fingerprint density at radius 1 is 1.47 bits per heavy atom. The van der Waals surface area contributed by atoms with Crippen LogP contribution in [0.1, 0.15) is 16.3 Å². The highest BCUT2D eigenvalue weighted by Gasteiger charge is 2.13. The Kier molecular flexibility index (Phi) is 3.60. The van der Waals surface area contributed by atoms with Crippen LogP contribution in [-0.2, 0) is 12.4 Å². The number of imidazole rings is 1. The SMILES string of the molecule is Cc1ccnc2c1nc(CCl)n2Cc1cc(Br)cs1. The Hall–Kier alpha value is -0.910. The molecule has 0 spiro atoms. The number of pyridine rings is 1. The Morgan fingerprint density at radius 2 is 2.32 bits per heavy atom. The molecule has 0 saturated carbocycles. The number of alkyl halides is 1. The number of thiophene rings is 1. The van der Waals surface area contributed by atoms with Crippen molar-refractivity contribution in [3.63, 3.8) is 0 Å². The van der Waals surface area contributed by atoms with Crippen molar-refractivity contribution in [2.75, 3.05) is 0 Å². The second-order valence-corrected chi connectivity index (χ2v) is 6.46. The third kappa shape index (κ3) is 2.42. The van der Waals surface area contributed by atoms with Gasteiger partial charge in [0, 0.05) is 20.9 Å². The van der Waals surface area contributed by atoms with Gasteiger partial charge in [0.1, 0.15) is 11.3 Å². The molecule has 3 aromatic heterocycles. The van der Waals surface area contributed by atoms with E-state index >= 15 is 0 Å². The van der Waals surface area contributed by atoms with Gasteiger partial charge in [0.25, 0.3) is 0 Å². The molecule has 6 heteroatoms. The summed E-state index contributed by atoms with van der Waals surface area (Å²) in [5.41, 5.74) is 2.97. The molecule has 0 fully saturated rings. The minimum atomic E-state index is 0.391. The van der Waals surface area contributed by atoms with Crippen LogP contribution in [0.4, 0.5) is 0 Å². The summed E-state index contributed by atoms with van der Waals surface area (Å²) in [6, 6.07) is 4.09. The van der Waals surface area contributed by atoms with Crippen LogP contribution in [0.2, 0.25) is 0 Å². The van der Waals surface area contributed by atoms with Crippen molar-refractivity contribution in [2.24, 2.45) is 0 Å². The second-order valence-electron chi connectivity index (χ2n) is 4.28. The summed E-state index contributed by atoms with van der Waals surface area (Å²) >= 11 is 11.2. The maximum atomic E-state index is 6.01. The van der Waals surface area contributed by atoms with Gasteiger partial charge in [0.15, 0.2) is 5.65 Å². The van der Waals surface area contributed by atoms with Gasteiger partial charge >= 0.3 is 0 Å². The van der Waals surface area contributed by atoms with Crippen LogP contribution in [0.15, 0.2) is 28.2 Å². The van der Waals surface area contributed by atoms with Crippen LogP contribution >= 0.6 is 38.9 Å². The molecule has 0 unspecified atom stereocenters. The van der Waals surface area contributed by atoms with Gasteiger partial charge in [0.2, 0.25) is 0 Å². The lowest BCUT2D eigenvalue weighted by atomic mass is 10.3. The van der Waals surface area contributed by atoms with Crippen LogP contribution in [0.25, 0.3) is 11.2 Å². The van der Waals surface area contributed by atoms with Crippen LogP contribution in [0.5, 0.6) is 0 Å². The van der Waals surface area contributed by atoms with E-state index in [0.29, 0.717) is 5.88 Å². The smallest absolute Gasteiger partial charge is 0.160 e. The van der Waals surface area contributed by atoms with Gasteiger partial charge in [-0.1, -0.05) is 0 Å². The maximum Gasteiger partial charge on any atom is 0.160 e. The molecule has 0 radical (unpaired) electrons. The number of hydrogen-bond acceptors (Lipinski definition) is 3. The molecule has 3 aromatic rings. The monoisotopic (exact) mass is 355 g/mol. The molecule has 3 heterocycles. The van der Waals surface area contributed by atoms with Crippen LogP contribution in [-0.4, -0.2) is 14.5 Å². The third-order valence-corrected chi connectivity index (χ3v) is 4.89. The molecular weight excluding hydrogens is 346 g/mol. The van der Waals surface area contributed by atoms with Crippen molar-refractivity contribution in [3.05, 3.63) is 44.4 Å². The van der Waals surface area contributed by atoms with E-state index in [0.717, 1.165) is 33.6 Å². The predicted octanol–water partition coefficient (Wildman–Crippen LogP) is 4.35. The number of hydrogen-bond donors (Lipinski definition) is 0. The van der Waals surface area contributed by atoms with Gasteiger partial charge in [-0.05, 0) is 40.5 Å². The summed E-state index contributed by atoms with van der Waals surface area (Å²) in [5.74, 6) is 1.26. The van der Waals surface area contributed by atoms with Crippen LogP contribution < -0.4 is 0 Å². The number of halogens is 2. The number of rotatable bonds is 3. The van der Waals surface area contributed by atoms with Crippen molar-refractivity contribution < 1.29 is 0 Å². The predicted molar refractivity (Wildman–Crippen MR) is 82.9 cm³/mol. The molecule has 0 aliphatic carbocycles. The first-order chi connectivity index (χ1) is 9.19. The standard InChI is InChI=1S/C13H11BrClN3S/c1-8-2-3-16-13-12(8)17-11(5-15)18(13)6-10-4-9(14)7-19-10/h2-4,7H,5-6H2,1H3. The average Bonchev–Trinajstić information content (AvgIpc) is 2.96. The molecule has 0 aromatic carbocycles. The first kappa shape index (κ1) is 13.1. The Labute approximate surface area is 128 Å². The van der Waals surface area contributed by atoms with Crippen molar-refractivity contribution in [3.8, 4) is 0 Å². The molecule has 19 heavy (non-hydrogen) atoms. The zero-order valence-electron chi connectivity index (χ0n) is 10.2. The molecule has 0 bridgehead atoms. The van der Waals surface area contributed by atoms with Gasteiger partial charge in [0.05, 0.1) is 12.4 Å². The quantitative estimate of drug-likeness (QED) is 0.653. The van der Waals surface area contributed by atoms with Crippen LogP contribution in [0, 0.1) is 6.92 Å². The lowest BCUT2D eigenvalue weighted by molar-refractivity contribution is 0.780. The number of aromatic nitrogens is 3. The van der Waals surface area contributed by atoms with Gasteiger partial charge in [-0.15, -0.1) is 22.9 Å². The van der Waals surface area contributed by atoms with E-state index < -0.39 is 0 Å². The highest BCUT2D eigenvalue weighted by molar-refractivity contribution is 9.10. The summed E-state index contributed by atoms with van der Waals surface area (Å²) < 4.78 is 3.20. The summed E-state index contributed by atoms with van der Waals surface area (Å²) in [5, 5.41) is 2.08. The molecule has 0 saturated heterocycles. The highest BCUT2D eigenvalue weighted by atomic mass is 79.9. The van der Waals surface area contributed by atoms with E-state index in [1.54, 1.807) is 11.3 Å². The third-order valence-electron chi connectivity index (χ3n) is 2.97. The largest absolute Gasteiger partial charge is 0.306 e. The maximum absolute atomic E-state index is 6.01. The van der Waals surface area contributed by atoms with Crippen LogP contribution in [0.3, 0.4) is 0 Å². The van der Waals surface area contributed by atoms with Gasteiger partial charge < -0.3 is 4.57 Å². The van der Waals surface area contributed by atoms with E-state index in [1.165, 1.54) is 4.88 Å². The van der Waals surface area contributed by atoms with E-state index in [9.17, 15) is 0 Å². The van der Waals surface area contributed by atoms with Crippen molar-refractivity contribution in [2.45, 2.75) is 19.3 Å². The van der Waals surface area contributed by atoms with Crippen molar-refractivity contribution >= 4 is 50.0 Å². The fraction of sp³-hybridized carbons (Fsp3) is 0.231. The zero-order valence-corrected chi connectivity index (χ0v) is 13.4. The molecule has 0 aliphatic rings. The molecular formula is C13H11BrClN3S. The first-order valence-electron chi connectivity index (χ1n) is 5.78. The van der Waals surface area contributed by atoms with E-state index in [-0.39, 0.29) is 0 Å².